The van der Waals surface area contributed by atoms with Crippen molar-refractivity contribution in [2.24, 2.45) is 0 Å². The Labute approximate surface area is 86.9 Å². The number of hydrogen-bond donors (Lipinski definition) is 1. The molecule has 0 fully saturated rings. The normalized spacial score (nSPS) is 10.9. The molecular weight excluding hydrogens is 230 g/mol. The smallest absolute Gasteiger partial charge is 0.338 e. The lowest BCUT2D eigenvalue weighted by atomic mass is 10.1. The van der Waals surface area contributed by atoms with Gasteiger partial charge >= 0.3 is 5.97 Å². The molecule has 2 aromatic rings. The number of carboxylic acid groups (broad SMARTS) is 1. The summed E-state index contributed by atoms with van der Waals surface area (Å²) in [6.45, 7) is 0. The zero-order chi connectivity index (χ0) is 11.2. The number of halogens is 3. The third-order valence-electron chi connectivity index (χ3n) is 1.93. The lowest BCUT2D eigenvalue weighted by Crippen LogP contribution is -2.02. The van der Waals surface area contributed by atoms with Crippen LogP contribution in [-0.2, 0) is 0 Å². The maximum atomic E-state index is 13.2. The van der Waals surface area contributed by atoms with Gasteiger partial charge in [0.25, 0.3) is 0 Å². The van der Waals surface area contributed by atoms with Crippen LogP contribution in [0.2, 0.25) is 5.02 Å². The van der Waals surface area contributed by atoms with Crippen LogP contribution in [0.4, 0.5) is 8.78 Å². The summed E-state index contributed by atoms with van der Waals surface area (Å²) in [4.78, 5) is 10.6. The summed E-state index contributed by atoms with van der Waals surface area (Å²) in [5.74, 6) is -4.37. The van der Waals surface area contributed by atoms with Gasteiger partial charge < -0.3 is 9.52 Å². The third kappa shape index (κ3) is 1.35. The second-order valence-corrected chi connectivity index (χ2v) is 3.22. The minimum atomic E-state index is -1.56. The van der Waals surface area contributed by atoms with Crippen molar-refractivity contribution in [3.8, 4) is 0 Å². The van der Waals surface area contributed by atoms with E-state index in [9.17, 15) is 13.6 Å². The van der Waals surface area contributed by atoms with Gasteiger partial charge in [-0.2, -0.15) is 4.39 Å². The molecule has 78 valence electrons. The van der Waals surface area contributed by atoms with Crippen molar-refractivity contribution in [2.75, 3.05) is 0 Å². The minimum absolute atomic E-state index is 0.0337. The van der Waals surface area contributed by atoms with E-state index in [1.807, 2.05) is 0 Å². The maximum Gasteiger partial charge on any atom is 0.338 e. The van der Waals surface area contributed by atoms with Crippen molar-refractivity contribution in [1.82, 2.24) is 0 Å². The van der Waals surface area contributed by atoms with Gasteiger partial charge in [0.1, 0.15) is 6.26 Å². The topological polar surface area (TPSA) is 50.4 Å². The van der Waals surface area contributed by atoms with Gasteiger partial charge in [-0.1, -0.05) is 11.6 Å². The van der Waals surface area contributed by atoms with Gasteiger partial charge in [-0.3, -0.25) is 0 Å². The Morgan fingerprint density at radius 2 is 2.07 bits per heavy atom. The summed E-state index contributed by atoms with van der Waals surface area (Å²) >= 11 is 5.60. The summed E-state index contributed by atoms with van der Waals surface area (Å²) in [6, 6.07) is 0.932. The molecule has 1 N–H and O–H groups in total. The lowest BCUT2D eigenvalue weighted by Gasteiger charge is -1.99. The fourth-order valence-electron chi connectivity index (χ4n) is 1.23. The average molecular weight is 233 g/mol. The third-order valence-corrected chi connectivity index (χ3v) is 2.22. The first-order chi connectivity index (χ1) is 7.02. The molecule has 0 unspecified atom stereocenters. The molecule has 1 aromatic heterocycles. The summed E-state index contributed by atoms with van der Waals surface area (Å²) in [7, 11) is 0. The highest BCUT2D eigenvalue weighted by Crippen LogP contribution is 2.30. The second kappa shape index (κ2) is 3.20. The molecule has 0 radical (unpaired) electrons. The van der Waals surface area contributed by atoms with Gasteiger partial charge in [0, 0.05) is 5.39 Å². The molecule has 1 heterocycles. The van der Waals surface area contributed by atoms with E-state index >= 15 is 0 Å². The number of aromatic carboxylic acids is 1. The van der Waals surface area contributed by atoms with Crippen molar-refractivity contribution < 1.29 is 23.1 Å². The fraction of sp³-hybridized carbons (Fsp3) is 0. The van der Waals surface area contributed by atoms with Crippen molar-refractivity contribution in [2.45, 2.75) is 0 Å². The Morgan fingerprint density at radius 1 is 1.40 bits per heavy atom. The molecule has 3 nitrogen and oxygen atoms in total. The predicted octanol–water partition coefficient (Wildman–Crippen LogP) is 3.06. The Bertz CT molecular complexity index is 562. The van der Waals surface area contributed by atoms with Gasteiger partial charge in [0.05, 0.1) is 10.6 Å². The summed E-state index contributed by atoms with van der Waals surface area (Å²) < 4.78 is 31.0. The number of rotatable bonds is 1. The molecule has 0 amide bonds. The van der Waals surface area contributed by atoms with Crippen LogP contribution >= 0.6 is 11.6 Å². The summed E-state index contributed by atoms with van der Waals surface area (Å²) in [6.07, 6.45) is 1.01. The molecule has 15 heavy (non-hydrogen) atoms. The zero-order valence-electron chi connectivity index (χ0n) is 7.05. The molecule has 1 aromatic carbocycles. The second-order valence-electron chi connectivity index (χ2n) is 2.82. The van der Waals surface area contributed by atoms with E-state index in [1.54, 1.807) is 0 Å². The van der Waals surface area contributed by atoms with Gasteiger partial charge in [0.2, 0.25) is 5.82 Å². The first kappa shape index (κ1) is 9.92. The van der Waals surface area contributed by atoms with E-state index in [0.29, 0.717) is 0 Å². The maximum absolute atomic E-state index is 13.2. The Hall–Kier alpha value is -1.62. The van der Waals surface area contributed by atoms with Crippen LogP contribution in [0.3, 0.4) is 0 Å². The Morgan fingerprint density at radius 3 is 2.67 bits per heavy atom. The summed E-state index contributed by atoms with van der Waals surface area (Å²) in [5, 5.41) is 8.67. The average Bonchev–Trinajstić information content (AvgIpc) is 2.53. The largest absolute Gasteiger partial charge is 0.478 e. The molecule has 0 saturated carbocycles. The molecule has 2 rings (SSSR count). The number of benzene rings is 1. The van der Waals surface area contributed by atoms with Crippen LogP contribution in [0.5, 0.6) is 0 Å². The predicted molar refractivity (Wildman–Crippen MR) is 48.1 cm³/mol. The number of hydrogen-bond acceptors (Lipinski definition) is 2. The Balaban J connectivity index is 2.91. The van der Waals surface area contributed by atoms with E-state index in [1.165, 1.54) is 0 Å². The minimum Gasteiger partial charge on any atom is -0.478 e. The molecule has 0 atom stereocenters. The number of fused-ring (bicyclic) bond motifs is 1. The number of carbonyl (C=O) groups is 1. The molecule has 0 aliphatic carbocycles. The number of furan rings is 1. The standard InChI is InChI=1S/C9H3ClF2O3/c10-5-2-15-8-3(5)1-4(9(13)14)6(11)7(8)12/h1-2H,(H,13,14). The van der Waals surface area contributed by atoms with Crippen LogP contribution in [0.1, 0.15) is 10.4 Å². The first-order valence-corrected chi connectivity index (χ1v) is 4.18. The van der Waals surface area contributed by atoms with Gasteiger partial charge in [-0.15, -0.1) is 0 Å². The Kier molecular flexibility index (Phi) is 2.12. The molecule has 0 bridgehead atoms. The molecule has 0 aliphatic rings. The zero-order valence-corrected chi connectivity index (χ0v) is 7.81. The van der Waals surface area contributed by atoms with Crippen LogP contribution < -0.4 is 0 Å². The van der Waals surface area contributed by atoms with Crippen LogP contribution in [0.25, 0.3) is 11.0 Å². The number of carboxylic acids is 1. The van der Waals surface area contributed by atoms with Gasteiger partial charge in [-0.05, 0) is 6.07 Å². The van der Waals surface area contributed by atoms with E-state index in [0.717, 1.165) is 12.3 Å². The SMILES string of the molecule is O=C(O)c1cc2c(Cl)coc2c(F)c1F. The monoisotopic (exact) mass is 232 g/mol. The van der Waals surface area contributed by atoms with E-state index < -0.39 is 23.2 Å². The van der Waals surface area contributed by atoms with Gasteiger partial charge in [0.15, 0.2) is 11.4 Å². The summed E-state index contributed by atoms with van der Waals surface area (Å²) in [5.41, 5.74) is -1.16. The first-order valence-electron chi connectivity index (χ1n) is 3.80. The van der Waals surface area contributed by atoms with Crippen molar-refractivity contribution >= 4 is 28.5 Å². The van der Waals surface area contributed by atoms with Crippen molar-refractivity contribution in [3.05, 3.63) is 34.6 Å². The van der Waals surface area contributed by atoms with E-state index in [4.69, 9.17) is 16.7 Å². The van der Waals surface area contributed by atoms with Crippen LogP contribution in [-0.4, -0.2) is 11.1 Å². The van der Waals surface area contributed by atoms with Crippen molar-refractivity contribution in [3.63, 3.8) is 0 Å². The molecular formula is C9H3ClF2O3. The molecule has 0 saturated heterocycles. The van der Waals surface area contributed by atoms with Gasteiger partial charge in [-0.25, -0.2) is 9.18 Å². The van der Waals surface area contributed by atoms with Crippen LogP contribution in [0, 0.1) is 11.6 Å². The van der Waals surface area contributed by atoms with Crippen molar-refractivity contribution in [1.29, 1.82) is 0 Å². The van der Waals surface area contributed by atoms with Crippen LogP contribution in [0.15, 0.2) is 16.7 Å². The highest BCUT2D eigenvalue weighted by molar-refractivity contribution is 6.35. The van der Waals surface area contributed by atoms with E-state index in [-0.39, 0.29) is 16.0 Å². The lowest BCUT2D eigenvalue weighted by molar-refractivity contribution is 0.0691. The molecule has 6 heteroatoms. The fourth-order valence-corrected chi connectivity index (χ4v) is 1.42. The highest BCUT2D eigenvalue weighted by atomic mass is 35.5. The quantitative estimate of drug-likeness (QED) is 0.822. The van der Waals surface area contributed by atoms with E-state index in [2.05, 4.69) is 4.42 Å². The highest BCUT2D eigenvalue weighted by Gasteiger charge is 2.21. The molecule has 0 aliphatic heterocycles. The molecule has 0 spiro atoms.